The Bertz CT molecular complexity index is 1950. The Kier molecular flexibility index (Phi) is 6.97. The Morgan fingerprint density at radius 3 is 1.64 bits per heavy atom. The summed E-state index contributed by atoms with van der Waals surface area (Å²) in [4.78, 5) is 81.4. The lowest BCUT2D eigenvalue weighted by Crippen LogP contribution is -2.44. The van der Waals surface area contributed by atoms with E-state index in [0.29, 0.717) is 34.2 Å². The van der Waals surface area contributed by atoms with Gasteiger partial charge in [0.1, 0.15) is 12.1 Å². The second kappa shape index (κ2) is 10.5. The number of aromatic nitrogens is 4. The lowest BCUT2D eigenvalue weighted by Gasteiger charge is -2.21. The van der Waals surface area contributed by atoms with Crippen molar-refractivity contribution in [3.63, 3.8) is 0 Å². The molecule has 42 heavy (non-hydrogen) atoms. The molecule has 2 unspecified atom stereocenters. The Morgan fingerprint density at radius 2 is 1.19 bits per heavy atom. The SMILES string of the molecule is Cn1c(=O)n(C2CCC(=O)NC2=O)c2ccc(N)cc21.Cn1c(=O)n(C2CCC(=O)NC2=O)c2ccc([N+](=O)[O-])cc21. The molecule has 2 aliphatic heterocycles. The zero-order valence-corrected chi connectivity index (χ0v) is 22.5. The molecule has 4 aromatic rings. The van der Waals surface area contributed by atoms with Crippen molar-refractivity contribution in [3.05, 3.63) is 67.5 Å². The molecule has 6 rings (SSSR count). The number of nitrogens with two attached hydrogens (primary N) is 1. The van der Waals surface area contributed by atoms with E-state index in [9.17, 15) is 38.9 Å². The number of nitrogens with zero attached hydrogens (tertiary/aromatic N) is 5. The highest BCUT2D eigenvalue weighted by molar-refractivity contribution is 6.01. The van der Waals surface area contributed by atoms with Crippen molar-refractivity contribution >= 4 is 57.1 Å². The maximum absolute atomic E-state index is 12.4. The summed E-state index contributed by atoms with van der Waals surface area (Å²) in [7, 11) is 3.11. The van der Waals surface area contributed by atoms with Crippen LogP contribution in [0.5, 0.6) is 0 Å². The number of carbonyl (C=O) groups excluding carboxylic acids is 4. The highest BCUT2D eigenvalue weighted by Gasteiger charge is 2.32. The van der Waals surface area contributed by atoms with Crippen molar-refractivity contribution in [1.82, 2.24) is 28.9 Å². The average molecular weight is 579 g/mol. The molecule has 2 aromatic heterocycles. The van der Waals surface area contributed by atoms with Crippen molar-refractivity contribution in [2.45, 2.75) is 37.8 Å². The summed E-state index contributed by atoms with van der Waals surface area (Å²) < 4.78 is 5.42. The molecular weight excluding hydrogens is 552 g/mol. The molecule has 4 amide bonds. The summed E-state index contributed by atoms with van der Waals surface area (Å²) in [5, 5.41) is 15.3. The predicted octanol–water partition coefficient (Wildman–Crippen LogP) is 0.126. The first kappa shape index (κ1) is 28.0. The third kappa shape index (κ3) is 4.71. The smallest absolute Gasteiger partial charge is 0.329 e. The van der Waals surface area contributed by atoms with Crippen LogP contribution in [0.15, 0.2) is 46.0 Å². The minimum atomic E-state index is -0.796. The number of aryl methyl sites for hydroxylation is 2. The maximum Gasteiger partial charge on any atom is 0.329 e. The second-order valence-electron chi connectivity index (χ2n) is 10.0. The molecule has 16 nitrogen and oxygen atoms in total. The lowest BCUT2D eigenvalue weighted by atomic mass is 10.1. The van der Waals surface area contributed by atoms with Crippen molar-refractivity contribution < 1.29 is 24.1 Å². The van der Waals surface area contributed by atoms with E-state index in [-0.39, 0.29) is 42.5 Å². The second-order valence-corrected chi connectivity index (χ2v) is 10.0. The van der Waals surface area contributed by atoms with Crippen LogP contribution in [0.25, 0.3) is 22.1 Å². The Hall–Kier alpha value is -5.54. The van der Waals surface area contributed by atoms with Gasteiger partial charge in [-0.3, -0.25) is 58.2 Å². The largest absolute Gasteiger partial charge is 0.399 e. The minimum absolute atomic E-state index is 0.136. The number of nitrogen functional groups attached to an aromatic ring is 1. The van der Waals surface area contributed by atoms with Crippen LogP contribution in [-0.4, -0.2) is 46.8 Å². The van der Waals surface area contributed by atoms with Gasteiger partial charge in [-0.05, 0) is 37.1 Å². The summed E-state index contributed by atoms with van der Waals surface area (Å²) >= 11 is 0. The molecule has 0 aliphatic carbocycles. The first-order chi connectivity index (χ1) is 19.9. The zero-order valence-electron chi connectivity index (χ0n) is 22.5. The number of imidazole rings is 2. The van der Waals surface area contributed by atoms with Gasteiger partial charge >= 0.3 is 11.4 Å². The van der Waals surface area contributed by atoms with Gasteiger partial charge in [0, 0.05) is 44.8 Å². The molecule has 2 saturated heterocycles. The number of anilines is 1. The first-order valence-corrected chi connectivity index (χ1v) is 12.9. The van der Waals surface area contributed by atoms with E-state index < -0.39 is 34.5 Å². The number of carbonyl (C=O) groups is 4. The van der Waals surface area contributed by atoms with E-state index in [1.54, 1.807) is 25.2 Å². The summed E-state index contributed by atoms with van der Waals surface area (Å²) in [6.45, 7) is 0. The van der Waals surface area contributed by atoms with Crippen LogP contribution in [-0.2, 0) is 33.3 Å². The summed E-state index contributed by atoms with van der Waals surface area (Å²) in [5.41, 5.74) is 7.49. The number of hydrogen-bond donors (Lipinski definition) is 3. The van der Waals surface area contributed by atoms with Gasteiger partial charge in [-0.25, -0.2) is 9.59 Å². The number of imide groups is 2. The van der Waals surface area contributed by atoms with Gasteiger partial charge in [0.2, 0.25) is 23.6 Å². The molecule has 4 N–H and O–H groups in total. The molecule has 2 aromatic carbocycles. The maximum atomic E-state index is 12.4. The fraction of sp³-hybridized carbons (Fsp3) is 0.308. The number of non-ortho nitro benzene ring substituents is 1. The van der Waals surface area contributed by atoms with E-state index in [0.717, 1.165) is 0 Å². The molecule has 2 atom stereocenters. The Balaban J connectivity index is 0.000000169. The molecule has 218 valence electrons. The van der Waals surface area contributed by atoms with Crippen LogP contribution in [0, 0.1) is 10.1 Å². The number of rotatable bonds is 3. The molecule has 0 saturated carbocycles. The standard InChI is InChI=1S/C13H12N4O5.C13H14N4O3/c1-15-10-6-7(17(21)22)2-3-8(10)16(13(15)20)9-4-5-11(18)14-12(9)19;1-16-10-6-7(14)2-3-8(10)17(13(16)20)9-4-5-11(18)15-12(9)19/h2-3,6,9H,4-5H2,1H3,(H,14,18,19);2-3,6,9H,4-5,14H2,1H3,(H,15,18,19). The van der Waals surface area contributed by atoms with Gasteiger partial charge in [0.15, 0.2) is 0 Å². The van der Waals surface area contributed by atoms with E-state index >= 15 is 0 Å². The van der Waals surface area contributed by atoms with Crippen LogP contribution in [0.2, 0.25) is 0 Å². The van der Waals surface area contributed by atoms with E-state index in [4.69, 9.17) is 5.73 Å². The molecule has 0 spiro atoms. The van der Waals surface area contributed by atoms with Crippen LogP contribution < -0.4 is 27.7 Å². The number of benzene rings is 2. The zero-order chi connectivity index (χ0) is 30.5. The molecule has 16 heteroatoms. The van der Waals surface area contributed by atoms with Gasteiger partial charge in [0.05, 0.1) is 27.0 Å². The van der Waals surface area contributed by atoms with E-state index in [1.807, 2.05) is 0 Å². The highest BCUT2D eigenvalue weighted by Crippen LogP contribution is 2.26. The summed E-state index contributed by atoms with van der Waals surface area (Å²) in [6.07, 6.45) is 0.926. The minimum Gasteiger partial charge on any atom is -0.399 e. The van der Waals surface area contributed by atoms with Gasteiger partial charge in [0.25, 0.3) is 5.69 Å². The van der Waals surface area contributed by atoms with Crippen LogP contribution >= 0.6 is 0 Å². The molecule has 2 aliphatic rings. The average Bonchev–Trinajstić information content (AvgIpc) is 3.33. The van der Waals surface area contributed by atoms with Gasteiger partial charge in [-0.1, -0.05) is 0 Å². The summed E-state index contributed by atoms with van der Waals surface area (Å²) in [6, 6.07) is 7.66. The third-order valence-corrected chi connectivity index (χ3v) is 7.44. The van der Waals surface area contributed by atoms with Crippen molar-refractivity contribution in [2.75, 3.05) is 5.73 Å². The molecule has 0 radical (unpaired) electrons. The number of nitrogens with one attached hydrogen (secondary N) is 2. The third-order valence-electron chi connectivity index (χ3n) is 7.44. The van der Waals surface area contributed by atoms with Crippen molar-refractivity contribution in [2.24, 2.45) is 14.1 Å². The fourth-order valence-corrected chi connectivity index (χ4v) is 5.31. The fourth-order valence-electron chi connectivity index (χ4n) is 5.31. The van der Waals surface area contributed by atoms with Crippen molar-refractivity contribution in [1.29, 1.82) is 0 Å². The number of hydrogen-bond acceptors (Lipinski definition) is 9. The van der Waals surface area contributed by atoms with Crippen LogP contribution in [0.3, 0.4) is 0 Å². The normalized spacial score (nSPS) is 18.9. The quantitative estimate of drug-likeness (QED) is 0.130. The van der Waals surface area contributed by atoms with Gasteiger partial charge in [-0.15, -0.1) is 0 Å². The topological polar surface area (TPSA) is 215 Å². The number of amides is 4. The van der Waals surface area contributed by atoms with Crippen LogP contribution in [0.4, 0.5) is 11.4 Å². The molecule has 2 fully saturated rings. The predicted molar refractivity (Wildman–Crippen MR) is 148 cm³/mol. The number of piperidine rings is 2. The van der Waals surface area contributed by atoms with E-state index in [2.05, 4.69) is 10.6 Å². The highest BCUT2D eigenvalue weighted by atomic mass is 16.6. The first-order valence-electron chi connectivity index (χ1n) is 12.9. The lowest BCUT2D eigenvalue weighted by molar-refractivity contribution is -0.384. The summed E-state index contributed by atoms with van der Waals surface area (Å²) in [5.74, 6) is -1.65. The monoisotopic (exact) mass is 578 g/mol. The molecule has 4 heterocycles. The number of nitro benzene ring substituents is 1. The Morgan fingerprint density at radius 1 is 0.738 bits per heavy atom. The van der Waals surface area contributed by atoms with Crippen LogP contribution in [0.1, 0.15) is 37.8 Å². The molecular formula is C26H26N8O8. The van der Waals surface area contributed by atoms with E-state index in [1.165, 1.54) is 43.5 Å². The van der Waals surface area contributed by atoms with Crippen molar-refractivity contribution in [3.8, 4) is 0 Å². The van der Waals surface area contributed by atoms with Gasteiger partial charge in [-0.2, -0.15) is 0 Å². The number of fused-ring (bicyclic) bond motifs is 2. The number of nitro groups is 1. The Labute approximate surface area is 235 Å². The molecule has 0 bridgehead atoms. The van der Waals surface area contributed by atoms with Gasteiger partial charge < -0.3 is 5.73 Å².